The van der Waals surface area contributed by atoms with Crippen LogP contribution in [0.15, 0.2) is 54.6 Å². The summed E-state index contributed by atoms with van der Waals surface area (Å²) in [6, 6.07) is 15.1. The van der Waals surface area contributed by atoms with E-state index in [1.54, 1.807) is 6.07 Å². The van der Waals surface area contributed by atoms with E-state index in [0.717, 1.165) is 22.8 Å². The summed E-state index contributed by atoms with van der Waals surface area (Å²) < 4.78 is 0. The molecule has 180 valence electrons. The Morgan fingerprint density at radius 3 is 2.66 bits per heavy atom. The highest BCUT2D eigenvalue weighted by Gasteiger charge is 2.56. The predicted molar refractivity (Wildman–Crippen MR) is 132 cm³/mol. The van der Waals surface area contributed by atoms with Crippen molar-refractivity contribution in [3.05, 3.63) is 65.9 Å². The minimum Gasteiger partial charge on any atom is -0.351 e. The van der Waals surface area contributed by atoms with Crippen molar-refractivity contribution in [2.45, 2.75) is 44.2 Å². The molecule has 5 rings (SSSR count). The number of hydrogen-bond donors (Lipinski definition) is 3. The van der Waals surface area contributed by atoms with Crippen molar-refractivity contribution in [2.75, 3.05) is 11.9 Å². The van der Waals surface area contributed by atoms with Gasteiger partial charge in [-0.1, -0.05) is 50.2 Å². The average Bonchev–Trinajstić information content (AvgIpc) is 3.52. The first-order valence-corrected chi connectivity index (χ1v) is 11.9. The number of para-hydroxylation sites is 2. The monoisotopic (exact) mass is 472 g/mol. The SMILES string of the molecule is CC(C)C[C@H](NC(=O)c1cc2ccccc2[nH]1)C(=O)N1C[C@]2(C[C@H]1C=O)C(=O)Nc1ccccc12. The molecule has 35 heavy (non-hydrogen) atoms. The second kappa shape index (κ2) is 8.69. The molecule has 0 bridgehead atoms. The zero-order chi connectivity index (χ0) is 24.7. The Kier molecular flexibility index (Phi) is 5.67. The highest BCUT2D eigenvalue weighted by Crippen LogP contribution is 2.46. The number of amides is 3. The van der Waals surface area contributed by atoms with E-state index in [-0.39, 0.29) is 36.6 Å². The molecule has 1 spiro atoms. The molecular weight excluding hydrogens is 444 g/mol. The van der Waals surface area contributed by atoms with Crippen molar-refractivity contribution in [1.29, 1.82) is 0 Å². The van der Waals surface area contributed by atoms with Crippen LogP contribution < -0.4 is 10.6 Å². The first-order valence-electron chi connectivity index (χ1n) is 11.9. The predicted octanol–water partition coefficient (Wildman–Crippen LogP) is 3.00. The number of H-pyrrole nitrogens is 1. The van der Waals surface area contributed by atoms with Gasteiger partial charge in [0.1, 0.15) is 18.0 Å². The molecule has 0 unspecified atom stereocenters. The summed E-state index contributed by atoms with van der Waals surface area (Å²) in [6.45, 7) is 4.03. The topological polar surface area (TPSA) is 111 Å². The van der Waals surface area contributed by atoms with Crippen molar-refractivity contribution in [3.8, 4) is 0 Å². The van der Waals surface area contributed by atoms with Gasteiger partial charge in [0.25, 0.3) is 5.91 Å². The van der Waals surface area contributed by atoms with Crippen molar-refractivity contribution >= 4 is 40.6 Å². The van der Waals surface area contributed by atoms with Crippen LogP contribution in [0.4, 0.5) is 5.69 Å². The molecule has 3 atom stereocenters. The summed E-state index contributed by atoms with van der Waals surface area (Å²) in [5.41, 5.74) is 1.73. The first kappa shape index (κ1) is 22.8. The molecule has 1 saturated heterocycles. The second-order valence-corrected chi connectivity index (χ2v) is 9.88. The molecule has 0 saturated carbocycles. The van der Waals surface area contributed by atoms with E-state index in [9.17, 15) is 19.2 Å². The molecule has 3 N–H and O–H groups in total. The Morgan fingerprint density at radius 1 is 1.17 bits per heavy atom. The zero-order valence-corrected chi connectivity index (χ0v) is 19.7. The number of benzene rings is 2. The molecule has 2 aromatic carbocycles. The summed E-state index contributed by atoms with van der Waals surface area (Å²) >= 11 is 0. The van der Waals surface area contributed by atoms with E-state index in [1.165, 1.54) is 4.90 Å². The third kappa shape index (κ3) is 3.88. The second-order valence-electron chi connectivity index (χ2n) is 9.88. The van der Waals surface area contributed by atoms with Crippen molar-refractivity contribution in [2.24, 2.45) is 5.92 Å². The third-order valence-corrected chi connectivity index (χ3v) is 7.05. The molecule has 8 nitrogen and oxygen atoms in total. The summed E-state index contributed by atoms with van der Waals surface area (Å²) in [4.78, 5) is 56.5. The molecule has 3 aromatic rings. The van der Waals surface area contributed by atoms with Crippen molar-refractivity contribution in [3.63, 3.8) is 0 Å². The lowest BCUT2D eigenvalue weighted by Crippen LogP contribution is -2.51. The Balaban J connectivity index is 1.42. The number of nitrogens with zero attached hydrogens (tertiary/aromatic N) is 1. The minimum atomic E-state index is -0.971. The number of anilines is 1. The van der Waals surface area contributed by atoms with E-state index in [1.807, 2.05) is 62.4 Å². The van der Waals surface area contributed by atoms with Gasteiger partial charge in [-0.3, -0.25) is 14.4 Å². The number of aromatic amines is 1. The summed E-state index contributed by atoms with van der Waals surface area (Å²) in [7, 11) is 0. The molecular formula is C27H28N4O4. The van der Waals surface area contributed by atoms with Gasteiger partial charge >= 0.3 is 0 Å². The van der Waals surface area contributed by atoms with Crippen molar-refractivity contribution in [1.82, 2.24) is 15.2 Å². The van der Waals surface area contributed by atoms with Crippen LogP contribution in [-0.4, -0.2) is 52.5 Å². The van der Waals surface area contributed by atoms with Gasteiger partial charge in [0.15, 0.2) is 0 Å². The van der Waals surface area contributed by atoms with Crippen LogP contribution in [0.25, 0.3) is 10.9 Å². The highest BCUT2D eigenvalue weighted by molar-refractivity contribution is 6.08. The van der Waals surface area contributed by atoms with Gasteiger partial charge in [-0.25, -0.2) is 0 Å². The smallest absolute Gasteiger partial charge is 0.268 e. The maximum absolute atomic E-state index is 13.8. The number of likely N-dealkylation sites (tertiary alicyclic amines) is 1. The Labute approximate surface area is 203 Å². The molecule has 1 aromatic heterocycles. The molecule has 2 aliphatic heterocycles. The van der Waals surface area contributed by atoms with Gasteiger partial charge in [-0.05, 0) is 42.5 Å². The fourth-order valence-corrected chi connectivity index (χ4v) is 5.36. The van der Waals surface area contributed by atoms with Crippen molar-refractivity contribution < 1.29 is 19.2 Å². The van der Waals surface area contributed by atoms with Gasteiger partial charge in [-0.2, -0.15) is 0 Å². The van der Waals surface area contributed by atoms with Crippen LogP contribution in [0.1, 0.15) is 42.7 Å². The lowest BCUT2D eigenvalue weighted by atomic mass is 9.80. The molecule has 0 radical (unpaired) electrons. The number of nitrogens with one attached hydrogen (secondary N) is 3. The summed E-state index contributed by atoms with van der Waals surface area (Å²) in [5, 5.41) is 6.67. The molecule has 3 heterocycles. The standard InChI is InChI=1S/C27H28N4O4/c1-16(2)11-23(29-24(33)22-12-17-7-3-5-9-20(17)28-22)25(34)31-15-27(13-18(31)14-32)19-8-4-6-10-21(19)30-26(27)35/h3-10,12,14,16,18,23,28H,11,13,15H2,1-2H3,(H,29,33)(H,30,35)/t18-,23-,27-/m0/s1. The Hall–Kier alpha value is -3.94. The van der Waals surface area contributed by atoms with Crippen LogP contribution in [-0.2, 0) is 19.8 Å². The van der Waals surface area contributed by atoms with Crippen LogP contribution in [0.3, 0.4) is 0 Å². The summed E-state index contributed by atoms with van der Waals surface area (Å²) in [6.07, 6.45) is 1.35. The third-order valence-electron chi connectivity index (χ3n) is 7.05. The molecule has 1 fully saturated rings. The van der Waals surface area contributed by atoms with E-state index < -0.39 is 17.5 Å². The lowest BCUT2D eigenvalue weighted by molar-refractivity contribution is -0.137. The number of carbonyl (C=O) groups is 4. The fraction of sp³-hybridized carbons (Fsp3) is 0.333. The van der Waals surface area contributed by atoms with Gasteiger partial charge in [0, 0.05) is 23.1 Å². The molecule has 3 amide bonds. The Bertz CT molecular complexity index is 1300. The summed E-state index contributed by atoms with van der Waals surface area (Å²) in [5.74, 6) is -0.827. The van der Waals surface area contributed by atoms with Gasteiger partial charge in [0.05, 0.1) is 11.5 Å². The number of hydrogen-bond acceptors (Lipinski definition) is 4. The van der Waals surface area contributed by atoms with Crippen LogP contribution in [0.5, 0.6) is 0 Å². The minimum absolute atomic E-state index is 0.0922. The average molecular weight is 473 g/mol. The first-order chi connectivity index (χ1) is 16.8. The quantitative estimate of drug-likeness (QED) is 0.479. The largest absolute Gasteiger partial charge is 0.351 e. The van der Waals surface area contributed by atoms with E-state index in [2.05, 4.69) is 15.6 Å². The number of aldehydes is 1. The van der Waals surface area contributed by atoms with E-state index >= 15 is 0 Å². The Morgan fingerprint density at radius 2 is 1.91 bits per heavy atom. The number of rotatable bonds is 6. The van der Waals surface area contributed by atoms with Gasteiger partial charge < -0.3 is 25.3 Å². The highest BCUT2D eigenvalue weighted by atomic mass is 16.2. The lowest BCUT2D eigenvalue weighted by Gasteiger charge is -2.28. The number of fused-ring (bicyclic) bond motifs is 3. The molecule has 8 heteroatoms. The van der Waals surface area contributed by atoms with Gasteiger partial charge in [-0.15, -0.1) is 0 Å². The van der Waals surface area contributed by atoms with Gasteiger partial charge in [0.2, 0.25) is 11.8 Å². The van der Waals surface area contributed by atoms with E-state index in [0.29, 0.717) is 17.8 Å². The maximum atomic E-state index is 13.8. The van der Waals surface area contributed by atoms with Crippen LogP contribution in [0, 0.1) is 5.92 Å². The fourth-order valence-electron chi connectivity index (χ4n) is 5.36. The van der Waals surface area contributed by atoms with Crippen LogP contribution >= 0.6 is 0 Å². The normalized spacial score (nSPS) is 21.9. The maximum Gasteiger partial charge on any atom is 0.268 e. The van der Waals surface area contributed by atoms with Crippen LogP contribution in [0.2, 0.25) is 0 Å². The molecule has 2 aliphatic rings. The number of aromatic nitrogens is 1. The zero-order valence-electron chi connectivity index (χ0n) is 19.7. The molecule has 0 aliphatic carbocycles. The van der Waals surface area contributed by atoms with E-state index in [4.69, 9.17) is 0 Å². The number of carbonyl (C=O) groups excluding carboxylic acids is 4.